The van der Waals surface area contributed by atoms with Gasteiger partial charge in [-0.2, -0.15) is 0 Å². The molecule has 0 aliphatic carbocycles. The Balaban J connectivity index is 1.50. The van der Waals surface area contributed by atoms with E-state index in [1.807, 2.05) is 4.90 Å². The summed E-state index contributed by atoms with van der Waals surface area (Å²) in [5.41, 5.74) is 2.48. The van der Waals surface area contributed by atoms with Crippen molar-refractivity contribution in [1.82, 2.24) is 9.80 Å². The van der Waals surface area contributed by atoms with Gasteiger partial charge in [0.15, 0.2) is 0 Å². The van der Waals surface area contributed by atoms with Crippen LogP contribution >= 0.6 is 0 Å². The Morgan fingerprint density at radius 3 is 2.62 bits per heavy atom. The van der Waals surface area contributed by atoms with E-state index >= 15 is 0 Å². The van der Waals surface area contributed by atoms with Gasteiger partial charge < -0.3 is 14.9 Å². The number of likely N-dealkylation sites (tertiary alicyclic amines) is 1. The molecule has 1 N–H and O–H groups in total. The van der Waals surface area contributed by atoms with Crippen molar-refractivity contribution in [2.45, 2.75) is 33.1 Å². The van der Waals surface area contributed by atoms with E-state index in [1.165, 1.54) is 11.3 Å². The van der Waals surface area contributed by atoms with Crippen LogP contribution in [0, 0.1) is 12.3 Å². The third-order valence-electron chi connectivity index (χ3n) is 6.20. The van der Waals surface area contributed by atoms with Crippen molar-refractivity contribution in [2.75, 3.05) is 57.3 Å². The van der Waals surface area contributed by atoms with Crippen molar-refractivity contribution in [1.29, 1.82) is 0 Å². The second-order valence-corrected chi connectivity index (χ2v) is 8.03. The van der Waals surface area contributed by atoms with Crippen molar-refractivity contribution in [2.24, 2.45) is 5.41 Å². The molecule has 0 unspecified atom stereocenters. The number of aliphatic hydroxyl groups is 1. The molecule has 2 heterocycles. The number of piperidine rings is 1. The van der Waals surface area contributed by atoms with E-state index in [4.69, 9.17) is 0 Å². The number of piperazine rings is 1. The lowest BCUT2D eigenvalue weighted by molar-refractivity contribution is -0.137. The molecule has 5 nitrogen and oxygen atoms in total. The van der Waals surface area contributed by atoms with Crippen LogP contribution in [0.15, 0.2) is 24.3 Å². The number of hydrogen-bond donors (Lipinski definition) is 1. The Morgan fingerprint density at radius 1 is 1.19 bits per heavy atom. The molecule has 2 saturated heterocycles. The van der Waals surface area contributed by atoms with E-state index in [1.54, 1.807) is 0 Å². The average Bonchev–Trinajstić information content (AvgIpc) is 2.68. The van der Waals surface area contributed by atoms with E-state index in [-0.39, 0.29) is 17.9 Å². The van der Waals surface area contributed by atoms with Gasteiger partial charge in [0.25, 0.3) is 0 Å². The molecule has 3 rings (SSSR count). The standard InChI is InChI=1S/C21H33N3O2/c1-3-21(17-25)8-5-9-24(16-21)20(26)15-22-10-12-23(13-11-22)19-7-4-6-18(2)14-19/h4,6-7,14,25H,3,5,8-13,15-17H2,1-2H3/t21-/m0/s1. The minimum Gasteiger partial charge on any atom is -0.396 e. The Labute approximate surface area is 157 Å². The molecule has 2 aliphatic heterocycles. The Hall–Kier alpha value is -1.59. The summed E-state index contributed by atoms with van der Waals surface area (Å²) in [7, 11) is 0. The van der Waals surface area contributed by atoms with Crippen LogP contribution in [0.25, 0.3) is 0 Å². The van der Waals surface area contributed by atoms with E-state index in [2.05, 4.69) is 47.9 Å². The monoisotopic (exact) mass is 359 g/mol. The Morgan fingerprint density at radius 2 is 1.96 bits per heavy atom. The topological polar surface area (TPSA) is 47.0 Å². The van der Waals surface area contributed by atoms with E-state index in [9.17, 15) is 9.90 Å². The van der Waals surface area contributed by atoms with Crippen LogP contribution < -0.4 is 4.90 Å². The third-order valence-corrected chi connectivity index (χ3v) is 6.20. The predicted octanol–water partition coefficient (Wildman–Crippen LogP) is 2.13. The molecule has 0 aromatic heterocycles. The number of carbonyl (C=O) groups excluding carboxylic acids is 1. The van der Waals surface area contributed by atoms with Crippen LogP contribution in [-0.4, -0.2) is 73.2 Å². The summed E-state index contributed by atoms with van der Waals surface area (Å²) in [5.74, 6) is 0.222. The zero-order valence-corrected chi connectivity index (χ0v) is 16.3. The van der Waals surface area contributed by atoms with Gasteiger partial charge in [-0.15, -0.1) is 0 Å². The van der Waals surface area contributed by atoms with E-state index in [0.717, 1.165) is 52.0 Å². The van der Waals surface area contributed by atoms with Gasteiger partial charge in [-0.25, -0.2) is 0 Å². The lowest BCUT2D eigenvalue weighted by Gasteiger charge is -2.42. The first kappa shape index (κ1) is 19.2. The summed E-state index contributed by atoms with van der Waals surface area (Å²) < 4.78 is 0. The maximum atomic E-state index is 12.8. The average molecular weight is 360 g/mol. The summed E-state index contributed by atoms with van der Waals surface area (Å²) in [6.45, 7) is 10.3. The van der Waals surface area contributed by atoms with Gasteiger partial charge in [0.05, 0.1) is 13.2 Å². The molecule has 0 spiro atoms. The number of anilines is 1. The number of amides is 1. The van der Waals surface area contributed by atoms with Crippen molar-refractivity contribution < 1.29 is 9.90 Å². The lowest BCUT2D eigenvalue weighted by atomic mass is 9.78. The van der Waals surface area contributed by atoms with Crippen LogP contribution in [0.5, 0.6) is 0 Å². The highest BCUT2D eigenvalue weighted by atomic mass is 16.3. The number of aryl methyl sites for hydroxylation is 1. The maximum absolute atomic E-state index is 12.8. The van der Waals surface area contributed by atoms with Gasteiger partial charge >= 0.3 is 0 Å². The molecule has 26 heavy (non-hydrogen) atoms. The third kappa shape index (κ3) is 4.38. The molecule has 1 aromatic rings. The lowest BCUT2D eigenvalue weighted by Crippen LogP contribution is -2.53. The van der Waals surface area contributed by atoms with Gasteiger partial charge in [0, 0.05) is 50.4 Å². The highest BCUT2D eigenvalue weighted by Gasteiger charge is 2.35. The number of rotatable bonds is 5. The summed E-state index contributed by atoms with van der Waals surface area (Å²) in [4.78, 5) is 19.4. The van der Waals surface area contributed by atoms with Crippen LogP contribution in [0.1, 0.15) is 31.7 Å². The van der Waals surface area contributed by atoms with Gasteiger partial charge in [0.2, 0.25) is 5.91 Å². The minimum atomic E-state index is -0.0855. The second-order valence-electron chi connectivity index (χ2n) is 8.03. The number of carbonyl (C=O) groups is 1. The predicted molar refractivity (Wildman–Crippen MR) is 105 cm³/mol. The first-order valence-electron chi connectivity index (χ1n) is 9.98. The summed E-state index contributed by atoms with van der Waals surface area (Å²) >= 11 is 0. The largest absolute Gasteiger partial charge is 0.396 e. The number of aliphatic hydroxyl groups excluding tert-OH is 1. The fourth-order valence-electron chi connectivity index (χ4n) is 4.23. The van der Waals surface area contributed by atoms with Gasteiger partial charge in [-0.3, -0.25) is 9.69 Å². The summed E-state index contributed by atoms with van der Waals surface area (Å²) in [5, 5.41) is 9.77. The van der Waals surface area contributed by atoms with Crippen LogP contribution in [0.3, 0.4) is 0 Å². The van der Waals surface area contributed by atoms with Crippen LogP contribution in [-0.2, 0) is 4.79 Å². The first-order chi connectivity index (χ1) is 12.5. The smallest absolute Gasteiger partial charge is 0.236 e. The molecular weight excluding hydrogens is 326 g/mol. The number of benzene rings is 1. The van der Waals surface area contributed by atoms with Gasteiger partial charge in [-0.05, 0) is 43.9 Å². The molecule has 1 aromatic carbocycles. The normalized spacial score (nSPS) is 24.7. The molecule has 2 fully saturated rings. The quantitative estimate of drug-likeness (QED) is 0.875. The summed E-state index contributed by atoms with van der Waals surface area (Å²) in [6, 6.07) is 8.63. The highest BCUT2D eigenvalue weighted by molar-refractivity contribution is 5.78. The van der Waals surface area contributed by atoms with Crippen molar-refractivity contribution in [3.63, 3.8) is 0 Å². The number of nitrogens with zero attached hydrogens (tertiary/aromatic N) is 3. The molecular formula is C21H33N3O2. The molecule has 0 saturated carbocycles. The molecule has 5 heteroatoms. The Kier molecular flexibility index (Phi) is 6.20. The second kappa shape index (κ2) is 8.40. The van der Waals surface area contributed by atoms with Gasteiger partial charge in [0.1, 0.15) is 0 Å². The van der Waals surface area contributed by atoms with Crippen LogP contribution in [0.2, 0.25) is 0 Å². The summed E-state index contributed by atoms with van der Waals surface area (Å²) in [6.07, 6.45) is 2.96. The number of hydrogen-bond acceptors (Lipinski definition) is 4. The fourth-order valence-corrected chi connectivity index (χ4v) is 4.23. The SMILES string of the molecule is CC[C@]1(CO)CCCN(C(=O)CN2CCN(c3cccc(C)c3)CC2)C1. The minimum absolute atomic E-state index is 0.0855. The van der Waals surface area contributed by atoms with E-state index < -0.39 is 0 Å². The van der Waals surface area contributed by atoms with Crippen molar-refractivity contribution in [3.05, 3.63) is 29.8 Å². The molecule has 0 bridgehead atoms. The van der Waals surface area contributed by atoms with Crippen LogP contribution in [0.4, 0.5) is 5.69 Å². The molecule has 2 aliphatic rings. The zero-order chi connectivity index (χ0) is 18.6. The molecule has 1 amide bonds. The maximum Gasteiger partial charge on any atom is 0.236 e. The molecule has 144 valence electrons. The zero-order valence-electron chi connectivity index (χ0n) is 16.3. The van der Waals surface area contributed by atoms with Crippen molar-refractivity contribution >= 4 is 11.6 Å². The highest BCUT2D eigenvalue weighted by Crippen LogP contribution is 2.32. The molecule has 1 atom stereocenters. The fraction of sp³-hybridized carbons (Fsp3) is 0.667. The van der Waals surface area contributed by atoms with Gasteiger partial charge in [-0.1, -0.05) is 19.1 Å². The van der Waals surface area contributed by atoms with Crippen molar-refractivity contribution in [3.8, 4) is 0 Å². The molecule has 0 radical (unpaired) electrons. The Bertz CT molecular complexity index is 607. The van der Waals surface area contributed by atoms with E-state index in [0.29, 0.717) is 13.1 Å². The first-order valence-corrected chi connectivity index (χ1v) is 9.98.